The van der Waals surface area contributed by atoms with Crippen LogP contribution in [0.1, 0.15) is 29.8 Å². The lowest BCUT2D eigenvalue weighted by atomic mass is 10.1. The summed E-state index contributed by atoms with van der Waals surface area (Å²) in [7, 11) is 1.55. The predicted molar refractivity (Wildman–Crippen MR) is 106 cm³/mol. The van der Waals surface area contributed by atoms with Crippen molar-refractivity contribution in [2.45, 2.75) is 25.7 Å². The molecule has 148 valence electrons. The standard InChI is InChI=1S/C21H25N3O4/c1-26-21-22-18-15-16(23-10-13-27-14-11-23)8-9-19(18)24(21)20(25)7-3-2-5-17-6-4-12-28-17/h4,6,8-9,12,15H,2-3,5,7,10-11,13-14H2,1H3. The van der Waals surface area contributed by atoms with Gasteiger partial charge in [-0.3, -0.25) is 4.79 Å². The number of furan rings is 1. The van der Waals surface area contributed by atoms with Crippen molar-refractivity contribution in [1.29, 1.82) is 0 Å². The molecule has 1 aliphatic heterocycles. The fourth-order valence-corrected chi connectivity index (χ4v) is 3.58. The van der Waals surface area contributed by atoms with Crippen LogP contribution in [0, 0.1) is 0 Å². The Bertz CT molecular complexity index is 927. The van der Waals surface area contributed by atoms with Gasteiger partial charge in [0.1, 0.15) is 5.76 Å². The fourth-order valence-electron chi connectivity index (χ4n) is 3.58. The van der Waals surface area contributed by atoms with E-state index in [9.17, 15) is 4.79 Å². The summed E-state index contributed by atoms with van der Waals surface area (Å²) in [5.41, 5.74) is 2.64. The van der Waals surface area contributed by atoms with E-state index < -0.39 is 0 Å². The fraction of sp³-hybridized carbons (Fsp3) is 0.429. The van der Waals surface area contributed by atoms with E-state index in [0.717, 1.165) is 68.0 Å². The molecule has 0 N–H and O–H groups in total. The van der Waals surface area contributed by atoms with E-state index >= 15 is 0 Å². The molecule has 0 atom stereocenters. The van der Waals surface area contributed by atoms with E-state index in [0.29, 0.717) is 12.4 Å². The molecule has 1 saturated heterocycles. The lowest BCUT2D eigenvalue weighted by Gasteiger charge is -2.28. The van der Waals surface area contributed by atoms with Gasteiger partial charge in [-0.15, -0.1) is 0 Å². The Kier molecular flexibility index (Phi) is 5.62. The molecule has 0 spiro atoms. The third kappa shape index (κ3) is 3.89. The number of carbonyl (C=O) groups is 1. The molecule has 0 saturated carbocycles. The summed E-state index contributed by atoms with van der Waals surface area (Å²) < 4.78 is 17.7. The molecule has 1 fully saturated rings. The summed E-state index contributed by atoms with van der Waals surface area (Å²) in [5, 5.41) is 0. The van der Waals surface area contributed by atoms with Crippen molar-refractivity contribution in [1.82, 2.24) is 9.55 Å². The molecule has 0 unspecified atom stereocenters. The lowest BCUT2D eigenvalue weighted by molar-refractivity contribution is 0.0893. The van der Waals surface area contributed by atoms with Gasteiger partial charge < -0.3 is 18.8 Å². The maximum absolute atomic E-state index is 12.8. The zero-order chi connectivity index (χ0) is 19.3. The normalized spacial score (nSPS) is 14.5. The first kappa shape index (κ1) is 18.6. The number of methoxy groups -OCH3 is 1. The van der Waals surface area contributed by atoms with Crippen molar-refractivity contribution < 1.29 is 18.7 Å². The summed E-state index contributed by atoms with van der Waals surface area (Å²) in [5.74, 6) is 0.951. The van der Waals surface area contributed by atoms with Gasteiger partial charge in [0.25, 0.3) is 0 Å². The largest absolute Gasteiger partial charge is 0.469 e. The van der Waals surface area contributed by atoms with Gasteiger partial charge in [0.2, 0.25) is 5.91 Å². The maximum atomic E-state index is 12.8. The highest BCUT2D eigenvalue weighted by atomic mass is 16.5. The van der Waals surface area contributed by atoms with Crippen molar-refractivity contribution in [3.8, 4) is 6.01 Å². The second kappa shape index (κ2) is 8.48. The van der Waals surface area contributed by atoms with Crippen LogP contribution in [0.4, 0.5) is 5.69 Å². The minimum absolute atomic E-state index is 0.00193. The summed E-state index contributed by atoms with van der Waals surface area (Å²) in [4.78, 5) is 19.6. The Labute approximate surface area is 163 Å². The number of hydrogen-bond acceptors (Lipinski definition) is 6. The number of aromatic nitrogens is 2. The van der Waals surface area contributed by atoms with Crippen LogP contribution in [0.2, 0.25) is 0 Å². The Morgan fingerprint density at radius 2 is 2.07 bits per heavy atom. The molecule has 7 heteroatoms. The van der Waals surface area contributed by atoms with Crippen LogP contribution < -0.4 is 9.64 Å². The highest BCUT2D eigenvalue weighted by Gasteiger charge is 2.19. The van der Waals surface area contributed by atoms with Crippen molar-refractivity contribution >= 4 is 22.6 Å². The Morgan fingerprint density at radius 3 is 2.82 bits per heavy atom. The number of fused-ring (bicyclic) bond motifs is 1. The number of hydrogen-bond donors (Lipinski definition) is 0. The first-order chi connectivity index (χ1) is 13.8. The maximum Gasteiger partial charge on any atom is 0.304 e. The van der Waals surface area contributed by atoms with E-state index in [4.69, 9.17) is 13.9 Å². The average molecular weight is 383 g/mol. The van der Waals surface area contributed by atoms with Crippen LogP contribution >= 0.6 is 0 Å². The molecule has 28 heavy (non-hydrogen) atoms. The van der Waals surface area contributed by atoms with Crippen LogP contribution in [0.25, 0.3) is 11.0 Å². The minimum atomic E-state index is -0.00193. The van der Waals surface area contributed by atoms with Gasteiger partial charge in [0.15, 0.2) is 0 Å². The number of benzene rings is 1. The first-order valence-electron chi connectivity index (χ1n) is 9.71. The third-order valence-electron chi connectivity index (χ3n) is 5.06. The quantitative estimate of drug-likeness (QED) is 0.582. The number of anilines is 1. The zero-order valence-corrected chi connectivity index (χ0v) is 16.1. The number of aryl methyl sites for hydroxylation is 1. The molecule has 3 aromatic rings. The number of ether oxygens (including phenoxy) is 2. The topological polar surface area (TPSA) is 69.7 Å². The molecule has 0 radical (unpaired) electrons. The first-order valence-corrected chi connectivity index (χ1v) is 9.71. The summed E-state index contributed by atoms with van der Waals surface area (Å²) in [6, 6.07) is 10.2. The summed E-state index contributed by atoms with van der Waals surface area (Å²) >= 11 is 0. The van der Waals surface area contributed by atoms with Crippen LogP contribution in [0.3, 0.4) is 0 Å². The highest BCUT2D eigenvalue weighted by molar-refractivity contribution is 5.93. The third-order valence-corrected chi connectivity index (χ3v) is 5.06. The molecule has 7 nitrogen and oxygen atoms in total. The van der Waals surface area contributed by atoms with Crippen molar-refractivity contribution in [2.75, 3.05) is 38.3 Å². The van der Waals surface area contributed by atoms with E-state index in [1.54, 1.807) is 17.9 Å². The lowest BCUT2D eigenvalue weighted by Crippen LogP contribution is -2.36. The molecule has 3 heterocycles. The van der Waals surface area contributed by atoms with Crippen molar-refractivity contribution in [3.05, 3.63) is 42.4 Å². The number of nitrogens with zero attached hydrogens (tertiary/aromatic N) is 3. The molecule has 0 amide bonds. The molecular weight excluding hydrogens is 358 g/mol. The van der Waals surface area contributed by atoms with E-state index in [2.05, 4.69) is 9.88 Å². The molecule has 4 rings (SSSR count). The highest BCUT2D eigenvalue weighted by Crippen LogP contribution is 2.27. The monoisotopic (exact) mass is 383 g/mol. The SMILES string of the molecule is COc1nc2cc(N3CCOCC3)ccc2n1C(=O)CCCCc1ccco1. The molecule has 0 bridgehead atoms. The van der Waals surface area contributed by atoms with Crippen LogP contribution in [0.5, 0.6) is 6.01 Å². The summed E-state index contributed by atoms with van der Waals surface area (Å²) in [6.07, 6.45) is 4.64. The number of carbonyl (C=O) groups excluding carboxylic acids is 1. The van der Waals surface area contributed by atoms with Gasteiger partial charge in [-0.2, -0.15) is 4.98 Å². The van der Waals surface area contributed by atoms with Crippen LogP contribution in [-0.4, -0.2) is 48.9 Å². The van der Waals surface area contributed by atoms with Crippen molar-refractivity contribution in [3.63, 3.8) is 0 Å². The predicted octanol–water partition coefficient (Wildman–Crippen LogP) is 3.53. The van der Waals surface area contributed by atoms with Gasteiger partial charge in [-0.1, -0.05) is 0 Å². The van der Waals surface area contributed by atoms with Gasteiger partial charge in [-0.05, 0) is 43.2 Å². The number of morpholine rings is 1. The second-order valence-electron chi connectivity index (χ2n) is 6.89. The van der Waals surface area contributed by atoms with Crippen molar-refractivity contribution in [2.24, 2.45) is 0 Å². The molecular formula is C21H25N3O4. The minimum Gasteiger partial charge on any atom is -0.469 e. The molecule has 2 aromatic heterocycles. The Balaban J connectivity index is 1.47. The average Bonchev–Trinajstić information content (AvgIpc) is 3.38. The molecule has 1 aromatic carbocycles. The van der Waals surface area contributed by atoms with E-state index in [1.807, 2.05) is 30.3 Å². The number of unbranched alkanes of at least 4 members (excludes halogenated alkanes) is 1. The molecule has 0 aliphatic carbocycles. The van der Waals surface area contributed by atoms with Gasteiger partial charge in [0.05, 0.1) is 37.6 Å². The van der Waals surface area contributed by atoms with Crippen LogP contribution in [0.15, 0.2) is 41.0 Å². The van der Waals surface area contributed by atoms with Gasteiger partial charge in [-0.25, -0.2) is 4.57 Å². The Morgan fingerprint density at radius 1 is 1.21 bits per heavy atom. The van der Waals surface area contributed by atoms with Gasteiger partial charge in [0, 0.05) is 31.6 Å². The smallest absolute Gasteiger partial charge is 0.304 e. The van der Waals surface area contributed by atoms with Crippen LogP contribution in [-0.2, 0) is 11.2 Å². The second-order valence-corrected chi connectivity index (χ2v) is 6.89. The molecule has 1 aliphatic rings. The van der Waals surface area contributed by atoms with E-state index in [-0.39, 0.29) is 5.91 Å². The number of imidazole rings is 1. The van der Waals surface area contributed by atoms with Gasteiger partial charge >= 0.3 is 6.01 Å². The van der Waals surface area contributed by atoms with E-state index in [1.165, 1.54) is 0 Å². The number of rotatable bonds is 7. The summed E-state index contributed by atoms with van der Waals surface area (Å²) in [6.45, 7) is 3.18. The zero-order valence-electron chi connectivity index (χ0n) is 16.1. The Hall–Kier alpha value is -2.80.